The first kappa shape index (κ1) is 22.1. The molecular weight excluding hydrogens is 492 g/mol. The summed E-state index contributed by atoms with van der Waals surface area (Å²) in [6, 6.07) is 18.1. The van der Waals surface area contributed by atoms with Crippen molar-refractivity contribution in [2.45, 2.75) is 19.0 Å². The lowest BCUT2D eigenvalue weighted by Crippen LogP contribution is -2.49. The molecule has 37 heavy (non-hydrogen) atoms. The number of nitrogens with zero attached hydrogens (tertiary/aromatic N) is 2. The number of ketones is 1. The summed E-state index contributed by atoms with van der Waals surface area (Å²) in [5.41, 5.74) is 3.55. The number of hydrogen-bond donors (Lipinski definition) is 0. The standard InChI is InChI=1S/C29H21ClN2O5/c1-15-11-21-24-25(29(35)31(28(24)34)18-8-10-22-23(13-18)37-14-36-22)26(27(33)16-5-3-2-4-6-16)32(21)20-9-7-17(30)12-19(15)20/h2-13,21,24-26H,14H2,1H3/t21-,24+,25+,26-/m1/s1. The van der Waals surface area contributed by atoms with E-state index in [-0.39, 0.29) is 24.4 Å². The molecule has 4 aliphatic heterocycles. The second kappa shape index (κ2) is 7.95. The predicted molar refractivity (Wildman–Crippen MR) is 138 cm³/mol. The summed E-state index contributed by atoms with van der Waals surface area (Å²) < 4.78 is 10.9. The van der Waals surface area contributed by atoms with Crippen LogP contribution in [-0.2, 0) is 9.59 Å². The Balaban J connectivity index is 1.38. The Bertz CT molecular complexity index is 1530. The number of carbonyl (C=O) groups is 3. The van der Waals surface area contributed by atoms with Crippen molar-refractivity contribution in [1.29, 1.82) is 0 Å². The molecule has 0 radical (unpaired) electrons. The van der Waals surface area contributed by atoms with Crippen LogP contribution in [0.4, 0.5) is 11.4 Å². The lowest BCUT2D eigenvalue weighted by Gasteiger charge is -2.38. The van der Waals surface area contributed by atoms with E-state index in [2.05, 4.69) is 0 Å². The maximum absolute atomic E-state index is 14.0. The quantitative estimate of drug-likeness (QED) is 0.373. The SMILES string of the molecule is CC1=C[C@@H]2[C@@H]3C(=O)N(c4ccc5c(c4)OCO5)C(=O)[C@@H]3[C@H](C(=O)c3ccccc3)N2c2ccc(Cl)cc21. The van der Waals surface area contributed by atoms with E-state index < -0.39 is 23.9 Å². The molecule has 0 spiro atoms. The van der Waals surface area contributed by atoms with Crippen molar-refractivity contribution in [2.75, 3.05) is 16.6 Å². The smallest absolute Gasteiger partial charge is 0.240 e. The van der Waals surface area contributed by atoms with E-state index in [9.17, 15) is 14.4 Å². The maximum Gasteiger partial charge on any atom is 0.240 e. The Hall–Kier alpha value is -4.10. The Morgan fingerprint density at radius 3 is 2.49 bits per heavy atom. The first-order valence-corrected chi connectivity index (χ1v) is 12.5. The minimum absolute atomic E-state index is 0.0874. The monoisotopic (exact) mass is 512 g/mol. The van der Waals surface area contributed by atoms with Crippen LogP contribution >= 0.6 is 11.6 Å². The van der Waals surface area contributed by atoms with E-state index in [1.807, 2.05) is 36.1 Å². The molecule has 2 fully saturated rings. The van der Waals surface area contributed by atoms with Gasteiger partial charge in [-0.25, -0.2) is 4.90 Å². The summed E-state index contributed by atoms with van der Waals surface area (Å²) in [6.45, 7) is 2.05. The fraction of sp³-hybridized carbons (Fsp3) is 0.207. The zero-order valence-electron chi connectivity index (χ0n) is 19.8. The number of amides is 2. The minimum atomic E-state index is -0.850. The summed E-state index contributed by atoms with van der Waals surface area (Å²) in [5.74, 6) is -1.43. The summed E-state index contributed by atoms with van der Waals surface area (Å²) >= 11 is 6.30. The normalized spacial score (nSPS) is 25.1. The number of allylic oxidation sites excluding steroid dienone is 1. The van der Waals surface area contributed by atoms with Gasteiger partial charge in [0.05, 0.1) is 23.6 Å². The van der Waals surface area contributed by atoms with Gasteiger partial charge in [0.25, 0.3) is 0 Å². The number of halogens is 1. The van der Waals surface area contributed by atoms with Crippen LogP contribution in [0.25, 0.3) is 5.57 Å². The van der Waals surface area contributed by atoms with Crippen molar-refractivity contribution in [1.82, 2.24) is 0 Å². The number of fused-ring (bicyclic) bond motifs is 6. The van der Waals surface area contributed by atoms with Crippen molar-refractivity contribution in [2.24, 2.45) is 11.8 Å². The Morgan fingerprint density at radius 1 is 0.919 bits per heavy atom. The highest BCUT2D eigenvalue weighted by Crippen LogP contribution is 2.52. The van der Waals surface area contributed by atoms with Crippen molar-refractivity contribution in [3.63, 3.8) is 0 Å². The molecule has 3 aromatic rings. The summed E-state index contributed by atoms with van der Waals surface area (Å²) in [6.07, 6.45) is 1.99. The van der Waals surface area contributed by atoms with Gasteiger partial charge in [-0.2, -0.15) is 0 Å². The lowest BCUT2D eigenvalue weighted by atomic mass is 9.85. The third-order valence-electron chi connectivity index (χ3n) is 7.75. The van der Waals surface area contributed by atoms with Crippen molar-refractivity contribution in [3.05, 3.63) is 89.0 Å². The third-order valence-corrected chi connectivity index (χ3v) is 7.99. The number of rotatable bonds is 3. The Morgan fingerprint density at radius 2 is 1.68 bits per heavy atom. The van der Waals surface area contributed by atoms with E-state index in [4.69, 9.17) is 21.1 Å². The number of hydrogen-bond acceptors (Lipinski definition) is 6. The average Bonchev–Trinajstić information content (AvgIpc) is 3.57. The van der Waals surface area contributed by atoms with Crippen LogP contribution in [0.3, 0.4) is 0 Å². The maximum atomic E-state index is 14.0. The number of benzene rings is 3. The number of ether oxygens (including phenoxy) is 2. The predicted octanol–water partition coefficient (Wildman–Crippen LogP) is 4.73. The van der Waals surface area contributed by atoms with Gasteiger partial charge in [0.2, 0.25) is 18.6 Å². The van der Waals surface area contributed by atoms with Crippen LogP contribution in [0.5, 0.6) is 11.5 Å². The summed E-state index contributed by atoms with van der Waals surface area (Å²) in [7, 11) is 0. The summed E-state index contributed by atoms with van der Waals surface area (Å²) in [4.78, 5) is 45.2. The van der Waals surface area contributed by atoms with Crippen LogP contribution in [0, 0.1) is 11.8 Å². The summed E-state index contributed by atoms with van der Waals surface area (Å²) in [5, 5.41) is 0.580. The van der Waals surface area contributed by atoms with E-state index in [1.54, 1.807) is 48.5 Å². The van der Waals surface area contributed by atoms with Gasteiger partial charge in [0.1, 0.15) is 6.04 Å². The van der Waals surface area contributed by atoms with Gasteiger partial charge in [-0.3, -0.25) is 14.4 Å². The molecular formula is C29H21ClN2O5. The first-order valence-electron chi connectivity index (χ1n) is 12.1. The molecule has 0 bridgehead atoms. The van der Waals surface area contributed by atoms with Crippen LogP contribution in [0.15, 0.2) is 72.8 Å². The van der Waals surface area contributed by atoms with E-state index in [0.29, 0.717) is 27.8 Å². The molecule has 0 N–H and O–H groups in total. The van der Waals surface area contributed by atoms with E-state index in [0.717, 1.165) is 16.8 Å². The molecule has 4 aliphatic rings. The number of anilines is 2. The van der Waals surface area contributed by atoms with Crippen LogP contribution in [-0.4, -0.2) is 36.5 Å². The van der Waals surface area contributed by atoms with Gasteiger partial charge in [-0.15, -0.1) is 0 Å². The molecule has 2 saturated heterocycles. The first-order chi connectivity index (χ1) is 17.9. The third kappa shape index (κ3) is 3.10. The molecule has 7 rings (SSSR count). The van der Waals surface area contributed by atoms with E-state index >= 15 is 0 Å². The van der Waals surface area contributed by atoms with Crippen molar-refractivity contribution in [3.8, 4) is 11.5 Å². The molecule has 0 saturated carbocycles. The molecule has 0 aliphatic carbocycles. The molecule has 184 valence electrons. The zero-order valence-corrected chi connectivity index (χ0v) is 20.5. The molecule has 4 heterocycles. The highest BCUT2D eigenvalue weighted by molar-refractivity contribution is 6.31. The van der Waals surface area contributed by atoms with Gasteiger partial charge >= 0.3 is 0 Å². The van der Waals surface area contributed by atoms with Gasteiger partial charge in [-0.05, 0) is 42.8 Å². The largest absolute Gasteiger partial charge is 0.454 e. The average molecular weight is 513 g/mol. The second-order valence-corrected chi connectivity index (χ2v) is 10.1. The van der Waals surface area contributed by atoms with Crippen LogP contribution < -0.4 is 19.3 Å². The van der Waals surface area contributed by atoms with Crippen molar-refractivity contribution < 1.29 is 23.9 Å². The molecule has 0 unspecified atom stereocenters. The molecule has 4 atom stereocenters. The topological polar surface area (TPSA) is 76.1 Å². The van der Waals surface area contributed by atoms with Gasteiger partial charge in [0.15, 0.2) is 17.3 Å². The van der Waals surface area contributed by atoms with Gasteiger partial charge in [-0.1, -0.05) is 48.0 Å². The molecule has 7 nitrogen and oxygen atoms in total. The highest BCUT2D eigenvalue weighted by atomic mass is 35.5. The molecule has 2 amide bonds. The fourth-order valence-electron chi connectivity index (χ4n) is 6.17. The second-order valence-electron chi connectivity index (χ2n) is 9.69. The van der Waals surface area contributed by atoms with Crippen LogP contribution in [0.2, 0.25) is 5.02 Å². The Labute approximate surface area is 217 Å². The van der Waals surface area contributed by atoms with Gasteiger partial charge < -0.3 is 14.4 Å². The van der Waals surface area contributed by atoms with Crippen LogP contribution in [0.1, 0.15) is 22.8 Å². The molecule has 0 aromatic heterocycles. The fourth-order valence-corrected chi connectivity index (χ4v) is 6.34. The van der Waals surface area contributed by atoms with E-state index in [1.165, 1.54) is 4.90 Å². The van der Waals surface area contributed by atoms with Gasteiger partial charge in [0, 0.05) is 27.9 Å². The van der Waals surface area contributed by atoms with Crippen molar-refractivity contribution >= 4 is 46.1 Å². The molecule has 8 heteroatoms. The minimum Gasteiger partial charge on any atom is -0.454 e. The lowest BCUT2D eigenvalue weighted by molar-refractivity contribution is -0.122. The number of Topliss-reactive ketones (excluding diaryl/α,β-unsaturated/α-hetero) is 1. The number of carbonyl (C=O) groups excluding carboxylic acids is 3. The Kier molecular flexibility index (Phi) is 4.75. The number of imide groups is 1. The zero-order chi connectivity index (χ0) is 25.4. The molecule has 3 aromatic carbocycles. The highest BCUT2D eigenvalue weighted by Gasteiger charge is 2.64.